The Balaban J connectivity index is 1.89. The molecule has 0 bridgehead atoms. The van der Waals surface area contributed by atoms with Crippen molar-refractivity contribution in [3.05, 3.63) is 92.4 Å². The lowest BCUT2D eigenvalue weighted by molar-refractivity contribution is 0.0691. The second-order valence-electron chi connectivity index (χ2n) is 8.27. The maximum atomic E-state index is 13.9. The zero-order valence-electron chi connectivity index (χ0n) is 19.0. The van der Waals surface area contributed by atoms with Crippen LogP contribution in [-0.4, -0.2) is 16.1 Å². The van der Waals surface area contributed by atoms with Crippen LogP contribution in [0, 0.1) is 32.4 Å². The Labute approximate surface area is 193 Å². The number of hydrogen-bond acceptors (Lipinski definition) is 5. The van der Waals surface area contributed by atoms with E-state index < -0.39 is 23.6 Å². The molecule has 34 heavy (non-hydrogen) atoms. The average molecular weight is 464 g/mol. The third kappa shape index (κ3) is 4.14. The first-order chi connectivity index (χ1) is 16.1. The van der Waals surface area contributed by atoms with Crippen molar-refractivity contribution in [2.75, 3.05) is 5.32 Å². The number of carboxylic acids is 1. The lowest BCUT2D eigenvalue weighted by atomic mass is 9.98. The van der Waals surface area contributed by atoms with Gasteiger partial charge in [0.25, 0.3) is 0 Å². The van der Waals surface area contributed by atoms with E-state index in [0.717, 1.165) is 17.7 Å². The summed E-state index contributed by atoms with van der Waals surface area (Å²) in [5.74, 6) is -3.08. The van der Waals surface area contributed by atoms with Gasteiger partial charge in [-0.25, -0.2) is 18.6 Å². The lowest BCUT2D eigenvalue weighted by Crippen LogP contribution is -2.15. The molecule has 0 spiro atoms. The normalized spacial score (nSPS) is 12.1. The van der Waals surface area contributed by atoms with Gasteiger partial charge in [0.05, 0.1) is 17.1 Å². The van der Waals surface area contributed by atoms with Crippen molar-refractivity contribution in [2.45, 2.75) is 33.7 Å². The van der Waals surface area contributed by atoms with Crippen molar-refractivity contribution >= 4 is 22.6 Å². The van der Waals surface area contributed by atoms with Crippen molar-refractivity contribution < 1.29 is 23.1 Å². The van der Waals surface area contributed by atoms with Gasteiger partial charge in [0.1, 0.15) is 11.3 Å². The third-order valence-corrected chi connectivity index (χ3v) is 5.65. The van der Waals surface area contributed by atoms with Crippen molar-refractivity contribution in [2.24, 2.45) is 0 Å². The number of halogens is 2. The summed E-state index contributed by atoms with van der Waals surface area (Å²) >= 11 is 0. The number of aromatic nitrogens is 1. The van der Waals surface area contributed by atoms with Crippen LogP contribution < -0.4 is 10.7 Å². The largest absolute Gasteiger partial charge is 0.476 e. The molecular weight excluding hydrogens is 442 g/mol. The number of fused-ring (bicyclic) bond motifs is 1. The molecule has 0 saturated carbocycles. The Bertz CT molecular complexity index is 1510. The smallest absolute Gasteiger partial charge is 0.356 e. The lowest BCUT2D eigenvalue weighted by Gasteiger charge is -2.20. The molecule has 0 saturated heterocycles. The molecule has 4 rings (SSSR count). The molecule has 0 unspecified atom stereocenters. The fourth-order valence-electron chi connectivity index (χ4n) is 3.95. The molecule has 4 aromatic rings. The molecule has 0 aliphatic heterocycles. The predicted octanol–water partition coefficient (Wildman–Crippen LogP) is 5.93. The summed E-state index contributed by atoms with van der Waals surface area (Å²) in [5.41, 5.74) is 2.66. The van der Waals surface area contributed by atoms with Gasteiger partial charge in [-0.3, -0.25) is 4.79 Å². The molecular formula is C26H22F2N2O4. The number of hydrogen-bond donors (Lipinski definition) is 2. The van der Waals surface area contributed by atoms with Crippen molar-refractivity contribution in [3.63, 3.8) is 0 Å². The number of carboxylic acid groups (broad SMARTS) is 1. The number of pyridine rings is 1. The second kappa shape index (κ2) is 8.70. The highest BCUT2D eigenvalue weighted by Crippen LogP contribution is 2.33. The summed E-state index contributed by atoms with van der Waals surface area (Å²) < 4.78 is 33.5. The standard InChI is InChI=1S/C26H22F2N2O4/c1-12-9-17(15(4)30-21-8-5-13(2)29-22(21)26(32)33)25-18(10-12)23(31)14(3)24(34-25)16-6-7-19(27)20(28)11-16/h5-11,15,30H,1-4H3,(H,32,33)/t15-/m1/s1. The quantitative estimate of drug-likeness (QED) is 0.380. The Morgan fingerprint density at radius 1 is 1.06 bits per heavy atom. The SMILES string of the molecule is Cc1cc([C@@H](C)Nc2ccc(C)nc2C(=O)O)c2oc(-c3ccc(F)c(F)c3)c(C)c(=O)c2c1. The Hall–Kier alpha value is -4.07. The van der Waals surface area contributed by atoms with Crippen LogP contribution in [0.5, 0.6) is 0 Å². The molecule has 8 heteroatoms. The van der Waals surface area contributed by atoms with Crippen LogP contribution in [0.2, 0.25) is 0 Å². The molecule has 0 amide bonds. The summed E-state index contributed by atoms with van der Waals surface area (Å²) in [6.45, 7) is 6.91. The van der Waals surface area contributed by atoms with Gasteiger partial charge in [-0.2, -0.15) is 0 Å². The maximum absolute atomic E-state index is 13.9. The van der Waals surface area contributed by atoms with E-state index in [0.29, 0.717) is 22.3 Å². The molecule has 0 aliphatic carbocycles. The first kappa shape index (κ1) is 23.1. The summed E-state index contributed by atoms with van der Waals surface area (Å²) in [6.07, 6.45) is 0. The van der Waals surface area contributed by atoms with E-state index in [1.807, 2.05) is 13.0 Å². The Kier molecular flexibility index (Phi) is 5.91. The van der Waals surface area contributed by atoms with Gasteiger partial charge in [-0.15, -0.1) is 0 Å². The van der Waals surface area contributed by atoms with Gasteiger partial charge in [-0.1, -0.05) is 6.07 Å². The highest BCUT2D eigenvalue weighted by molar-refractivity contribution is 5.92. The summed E-state index contributed by atoms with van der Waals surface area (Å²) in [7, 11) is 0. The minimum atomic E-state index is -1.17. The fourth-order valence-corrected chi connectivity index (χ4v) is 3.95. The molecule has 2 N–H and O–H groups in total. The average Bonchev–Trinajstić information content (AvgIpc) is 2.79. The first-order valence-electron chi connectivity index (χ1n) is 10.6. The van der Waals surface area contributed by atoms with E-state index in [1.54, 1.807) is 39.0 Å². The van der Waals surface area contributed by atoms with Gasteiger partial charge in [-0.05, 0) is 69.7 Å². The number of benzene rings is 2. The minimum Gasteiger partial charge on any atom is -0.476 e. The van der Waals surface area contributed by atoms with Crippen LogP contribution in [0.4, 0.5) is 14.5 Å². The molecule has 2 aromatic heterocycles. The molecule has 0 aliphatic rings. The van der Waals surface area contributed by atoms with Crippen molar-refractivity contribution in [1.82, 2.24) is 4.98 Å². The zero-order chi connectivity index (χ0) is 24.7. The summed E-state index contributed by atoms with van der Waals surface area (Å²) in [4.78, 5) is 29.0. The summed E-state index contributed by atoms with van der Waals surface area (Å²) in [6, 6.07) is 9.69. The molecule has 0 radical (unpaired) electrons. The van der Waals surface area contributed by atoms with E-state index >= 15 is 0 Å². The summed E-state index contributed by atoms with van der Waals surface area (Å²) in [5, 5.41) is 13.0. The van der Waals surface area contributed by atoms with Crippen LogP contribution >= 0.6 is 0 Å². The third-order valence-electron chi connectivity index (χ3n) is 5.65. The van der Waals surface area contributed by atoms with Gasteiger partial charge < -0.3 is 14.8 Å². The number of anilines is 1. The van der Waals surface area contributed by atoms with Crippen LogP contribution in [0.1, 0.15) is 45.8 Å². The number of nitrogens with zero attached hydrogens (tertiary/aromatic N) is 1. The number of rotatable bonds is 5. The Morgan fingerprint density at radius 2 is 1.79 bits per heavy atom. The van der Waals surface area contributed by atoms with Gasteiger partial charge in [0.2, 0.25) is 0 Å². The van der Waals surface area contributed by atoms with E-state index in [9.17, 15) is 23.5 Å². The first-order valence-corrected chi connectivity index (χ1v) is 10.6. The number of carbonyl (C=O) groups is 1. The predicted molar refractivity (Wildman–Crippen MR) is 125 cm³/mol. The molecule has 0 fully saturated rings. The highest BCUT2D eigenvalue weighted by atomic mass is 19.2. The van der Waals surface area contributed by atoms with Crippen LogP contribution in [0.3, 0.4) is 0 Å². The van der Waals surface area contributed by atoms with Crippen LogP contribution in [0.25, 0.3) is 22.3 Å². The molecule has 174 valence electrons. The van der Waals surface area contributed by atoms with Crippen LogP contribution in [-0.2, 0) is 0 Å². The van der Waals surface area contributed by atoms with Gasteiger partial charge in [0, 0.05) is 22.4 Å². The topological polar surface area (TPSA) is 92.4 Å². The monoisotopic (exact) mass is 464 g/mol. The Morgan fingerprint density at radius 3 is 2.47 bits per heavy atom. The van der Waals surface area contributed by atoms with E-state index in [4.69, 9.17) is 4.42 Å². The van der Waals surface area contributed by atoms with Gasteiger partial charge >= 0.3 is 5.97 Å². The van der Waals surface area contributed by atoms with Crippen LogP contribution in [0.15, 0.2) is 51.7 Å². The molecule has 6 nitrogen and oxygen atoms in total. The maximum Gasteiger partial charge on any atom is 0.356 e. The molecule has 1 atom stereocenters. The van der Waals surface area contributed by atoms with Crippen molar-refractivity contribution in [1.29, 1.82) is 0 Å². The van der Waals surface area contributed by atoms with E-state index in [2.05, 4.69) is 10.3 Å². The fraction of sp³-hybridized carbons (Fsp3) is 0.192. The zero-order valence-corrected chi connectivity index (χ0v) is 19.0. The highest BCUT2D eigenvalue weighted by Gasteiger charge is 2.21. The number of nitrogens with one attached hydrogen (secondary N) is 1. The van der Waals surface area contributed by atoms with E-state index in [-0.39, 0.29) is 33.6 Å². The number of aryl methyl sites for hydroxylation is 2. The second-order valence-corrected chi connectivity index (χ2v) is 8.27. The molecule has 2 heterocycles. The number of aromatic carboxylic acids is 1. The van der Waals surface area contributed by atoms with E-state index in [1.165, 1.54) is 6.07 Å². The minimum absolute atomic E-state index is 0.122. The van der Waals surface area contributed by atoms with Gasteiger partial charge in [0.15, 0.2) is 22.8 Å². The van der Waals surface area contributed by atoms with Crippen molar-refractivity contribution in [3.8, 4) is 11.3 Å². The molecule has 2 aromatic carbocycles.